The van der Waals surface area contributed by atoms with Crippen molar-refractivity contribution in [1.29, 1.82) is 0 Å². The molecule has 0 saturated heterocycles. The third kappa shape index (κ3) is 3.73. The molecule has 0 unspecified atom stereocenters. The minimum absolute atomic E-state index is 0.194. The van der Waals surface area contributed by atoms with Crippen molar-refractivity contribution in [3.63, 3.8) is 0 Å². The average Bonchev–Trinajstić information content (AvgIpc) is 2.24. The van der Waals surface area contributed by atoms with E-state index in [2.05, 4.69) is 13.2 Å². The van der Waals surface area contributed by atoms with Crippen LogP contribution >= 0.6 is 0 Å². The molecule has 0 aliphatic rings. The van der Waals surface area contributed by atoms with Gasteiger partial charge in [0.2, 0.25) is 0 Å². The van der Waals surface area contributed by atoms with E-state index < -0.39 is 17.4 Å². The molecule has 0 radical (unpaired) electrons. The Morgan fingerprint density at radius 1 is 0.941 bits per heavy atom. The minimum Gasteiger partial charge on any atom is -0.468 e. The quantitative estimate of drug-likeness (QED) is 0.406. The summed E-state index contributed by atoms with van der Waals surface area (Å²) in [5, 5.41) is 0. The Morgan fingerprint density at radius 2 is 1.24 bits per heavy atom. The van der Waals surface area contributed by atoms with E-state index in [0.717, 1.165) is 0 Å². The van der Waals surface area contributed by atoms with Crippen LogP contribution in [0.1, 0.15) is 26.7 Å². The normalized spacial score (nSPS) is 10.6. The van der Waals surface area contributed by atoms with Gasteiger partial charge in [0, 0.05) is 0 Å². The van der Waals surface area contributed by atoms with Crippen LogP contribution in [0.4, 0.5) is 0 Å². The molecule has 0 heterocycles. The summed E-state index contributed by atoms with van der Waals surface area (Å²) in [5.74, 6) is -1.23. The van der Waals surface area contributed by atoms with E-state index in [0.29, 0.717) is 11.1 Å². The first-order valence-electron chi connectivity index (χ1n) is 5.25. The van der Waals surface area contributed by atoms with Crippen molar-refractivity contribution in [2.45, 2.75) is 26.7 Å². The molecule has 0 rings (SSSR count). The van der Waals surface area contributed by atoms with E-state index >= 15 is 0 Å². The first-order chi connectivity index (χ1) is 7.80. The zero-order valence-corrected chi connectivity index (χ0v) is 11.0. The number of methoxy groups -OCH3 is 2. The summed E-state index contributed by atoms with van der Waals surface area (Å²) in [6.07, 6.45) is 0.387. The molecule has 0 bridgehead atoms. The van der Waals surface area contributed by atoms with Crippen LogP contribution in [-0.4, -0.2) is 26.2 Å². The summed E-state index contributed by atoms with van der Waals surface area (Å²) in [7, 11) is 2.49. The lowest BCUT2D eigenvalue weighted by atomic mass is 9.77. The predicted molar refractivity (Wildman–Crippen MR) is 65.3 cm³/mol. The highest BCUT2D eigenvalue weighted by atomic mass is 16.5. The van der Waals surface area contributed by atoms with Crippen LogP contribution in [0.3, 0.4) is 0 Å². The van der Waals surface area contributed by atoms with Gasteiger partial charge >= 0.3 is 11.9 Å². The maximum Gasteiger partial charge on any atom is 0.323 e. The summed E-state index contributed by atoms with van der Waals surface area (Å²) >= 11 is 0. The smallest absolute Gasteiger partial charge is 0.323 e. The molecule has 0 fully saturated rings. The largest absolute Gasteiger partial charge is 0.468 e. The Balaban J connectivity index is 5.50. The summed E-state index contributed by atoms with van der Waals surface area (Å²) in [6.45, 7) is 11.0. The maximum absolute atomic E-state index is 11.9. The number of allylic oxidation sites excluding steroid dienone is 2. The van der Waals surface area contributed by atoms with Crippen molar-refractivity contribution in [2.75, 3.05) is 14.2 Å². The van der Waals surface area contributed by atoms with Crippen LogP contribution in [0, 0.1) is 5.41 Å². The van der Waals surface area contributed by atoms with Crippen molar-refractivity contribution < 1.29 is 19.1 Å². The first kappa shape index (κ1) is 15.4. The van der Waals surface area contributed by atoms with Crippen LogP contribution < -0.4 is 0 Å². The van der Waals surface area contributed by atoms with Crippen LogP contribution in [0.15, 0.2) is 24.3 Å². The predicted octanol–water partition coefficient (Wildman–Crippen LogP) is 2.25. The van der Waals surface area contributed by atoms with E-state index in [1.807, 2.05) is 0 Å². The number of carbonyl (C=O) groups is 2. The van der Waals surface area contributed by atoms with Crippen LogP contribution in [0.2, 0.25) is 0 Å². The van der Waals surface area contributed by atoms with Gasteiger partial charge < -0.3 is 9.47 Å². The molecule has 4 nitrogen and oxygen atoms in total. The second-order valence-electron chi connectivity index (χ2n) is 4.33. The van der Waals surface area contributed by atoms with E-state index in [-0.39, 0.29) is 12.8 Å². The Labute approximate surface area is 102 Å². The van der Waals surface area contributed by atoms with Crippen molar-refractivity contribution in [3.8, 4) is 0 Å². The highest BCUT2D eigenvalue weighted by Crippen LogP contribution is 2.35. The van der Waals surface area contributed by atoms with Crippen molar-refractivity contribution in [1.82, 2.24) is 0 Å². The van der Waals surface area contributed by atoms with Gasteiger partial charge in [-0.25, -0.2) is 0 Å². The van der Waals surface area contributed by atoms with Crippen molar-refractivity contribution in [2.24, 2.45) is 5.41 Å². The van der Waals surface area contributed by atoms with Gasteiger partial charge in [0.15, 0.2) is 5.41 Å². The topological polar surface area (TPSA) is 52.6 Å². The number of hydrogen-bond acceptors (Lipinski definition) is 4. The molecule has 0 atom stereocenters. The Morgan fingerprint density at radius 3 is 1.41 bits per heavy atom. The lowest BCUT2D eigenvalue weighted by molar-refractivity contribution is -0.169. The molecule has 0 aromatic heterocycles. The number of rotatable bonds is 6. The zero-order valence-electron chi connectivity index (χ0n) is 11.0. The van der Waals surface area contributed by atoms with E-state index in [1.54, 1.807) is 13.8 Å². The lowest BCUT2D eigenvalue weighted by Gasteiger charge is -2.28. The summed E-state index contributed by atoms with van der Waals surface area (Å²) in [5.41, 5.74) is 0.0605. The van der Waals surface area contributed by atoms with Crippen LogP contribution in [0.25, 0.3) is 0 Å². The van der Waals surface area contributed by atoms with Gasteiger partial charge in [-0.1, -0.05) is 11.1 Å². The molecular weight excluding hydrogens is 220 g/mol. The van der Waals surface area contributed by atoms with Crippen molar-refractivity contribution in [3.05, 3.63) is 24.3 Å². The van der Waals surface area contributed by atoms with Crippen LogP contribution in [0.5, 0.6) is 0 Å². The number of carbonyl (C=O) groups excluding carboxylic acids is 2. The highest BCUT2D eigenvalue weighted by molar-refractivity contribution is 6.00. The summed E-state index contributed by atoms with van der Waals surface area (Å²) < 4.78 is 9.44. The molecule has 96 valence electrons. The van der Waals surface area contributed by atoms with Gasteiger partial charge in [-0.05, 0) is 26.7 Å². The molecule has 0 saturated carbocycles. The fraction of sp³-hybridized carbons (Fsp3) is 0.538. The molecule has 0 N–H and O–H groups in total. The van der Waals surface area contributed by atoms with E-state index in [1.165, 1.54) is 14.2 Å². The Hall–Kier alpha value is -1.58. The Bertz CT molecular complexity index is 307. The standard InChI is InChI=1S/C13H20O4/c1-9(2)7-13(8-10(3)4,11(14)16-5)12(15)17-6/h1,3,7-8H2,2,4-6H3. The van der Waals surface area contributed by atoms with Gasteiger partial charge in [-0.2, -0.15) is 0 Å². The van der Waals surface area contributed by atoms with Gasteiger partial charge in [0.1, 0.15) is 0 Å². The fourth-order valence-corrected chi connectivity index (χ4v) is 1.86. The Kier molecular flexibility index (Phi) is 5.65. The molecular formula is C13H20O4. The second kappa shape index (κ2) is 6.23. The first-order valence-corrected chi connectivity index (χ1v) is 5.25. The molecule has 0 aromatic rings. The fourth-order valence-electron chi connectivity index (χ4n) is 1.86. The SMILES string of the molecule is C=C(C)CC(CC(=C)C)(C(=O)OC)C(=O)OC. The van der Waals surface area contributed by atoms with Gasteiger partial charge in [0.25, 0.3) is 0 Å². The zero-order chi connectivity index (χ0) is 13.6. The molecule has 0 aliphatic heterocycles. The number of esters is 2. The summed E-state index contributed by atoms with van der Waals surface area (Å²) in [6, 6.07) is 0. The summed E-state index contributed by atoms with van der Waals surface area (Å²) in [4.78, 5) is 23.8. The molecule has 0 spiro atoms. The molecule has 17 heavy (non-hydrogen) atoms. The molecule has 4 heteroatoms. The minimum atomic E-state index is -1.36. The molecule has 0 amide bonds. The maximum atomic E-state index is 11.9. The van der Waals surface area contributed by atoms with E-state index in [9.17, 15) is 9.59 Å². The third-order valence-corrected chi connectivity index (χ3v) is 2.36. The van der Waals surface area contributed by atoms with Gasteiger partial charge in [-0.3, -0.25) is 9.59 Å². The number of hydrogen-bond donors (Lipinski definition) is 0. The van der Waals surface area contributed by atoms with Gasteiger partial charge in [0.05, 0.1) is 14.2 Å². The van der Waals surface area contributed by atoms with Gasteiger partial charge in [-0.15, -0.1) is 13.2 Å². The third-order valence-electron chi connectivity index (χ3n) is 2.36. The molecule has 0 aliphatic carbocycles. The second-order valence-corrected chi connectivity index (χ2v) is 4.33. The van der Waals surface area contributed by atoms with Crippen LogP contribution in [-0.2, 0) is 19.1 Å². The average molecular weight is 240 g/mol. The number of ether oxygens (including phenoxy) is 2. The molecule has 0 aromatic carbocycles. The van der Waals surface area contributed by atoms with E-state index in [4.69, 9.17) is 9.47 Å². The highest BCUT2D eigenvalue weighted by Gasteiger charge is 2.48. The monoisotopic (exact) mass is 240 g/mol. The van der Waals surface area contributed by atoms with Crippen molar-refractivity contribution >= 4 is 11.9 Å². The lowest BCUT2D eigenvalue weighted by Crippen LogP contribution is -2.41.